The van der Waals surface area contributed by atoms with Crippen LogP contribution in [0.2, 0.25) is 0 Å². The third-order valence-electron chi connectivity index (χ3n) is 4.27. The molecule has 1 unspecified atom stereocenters. The topological polar surface area (TPSA) is 58.1 Å². The van der Waals surface area contributed by atoms with Crippen LogP contribution in [0.25, 0.3) is 0 Å². The molecular formula is C20H37IN4O2. The van der Waals surface area contributed by atoms with Gasteiger partial charge in [-0.15, -0.1) is 24.0 Å². The summed E-state index contributed by atoms with van der Waals surface area (Å²) in [5.41, 5.74) is 0.962. The third-order valence-corrected chi connectivity index (χ3v) is 4.27. The van der Waals surface area contributed by atoms with Crippen molar-refractivity contribution < 1.29 is 9.47 Å². The molecule has 0 saturated carbocycles. The number of nitrogens with zero attached hydrogens (tertiary/aromatic N) is 2. The van der Waals surface area contributed by atoms with E-state index in [0.717, 1.165) is 49.9 Å². The minimum absolute atomic E-state index is 0. The number of nitrogens with one attached hydrogen (secondary N) is 2. The van der Waals surface area contributed by atoms with E-state index in [2.05, 4.69) is 48.3 Å². The molecule has 156 valence electrons. The van der Waals surface area contributed by atoms with Gasteiger partial charge in [0.25, 0.3) is 0 Å². The van der Waals surface area contributed by atoms with Gasteiger partial charge in [0, 0.05) is 51.0 Å². The molecule has 1 atom stereocenters. The highest BCUT2D eigenvalue weighted by molar-refractivity contribution is 14.0. The van der Waals surface area contributed by atoms with Crippen molar-refractivity contribution in [2.24, 2.45) is 4.99 Å². The molecule has 0 amide bonds. The SMILES string of the molecule is CCNC(=NCCN(C)C(C)CC)Nc1cccc(OCCCOC)c1.I. The molecule has 1 aromatic rings. The minimum Gasteiger partial charge on any atom is -0.493 e. The predicted molar refractivity (Wildman–Crippen MR) is 126 cm³/mol. The maximum Gasteiger partial charge on any atom is 0.195 e. The summed E-state index contributed by atoms with van der Waals surface area (Å²) in [7, 11) is 3.85. The van der Waals surface area contributed by atoms with Crippen LogP contribution in [0.1, 0.15) is 33.6 Å². The standard InChI is InChI=1S/C20H36N4O2.HI/c1-6-17(3)24(4)13-12-22-20(21-7-2)23-18-10-8-11-19(16-18)26-15-9-14-25-5;/h8,10-11,16-17H,6-7,9,12-15H2,1-5H3,(H2,21,22,23);1H. The zero-order chi connectivity index (χ0) is 19.2. The van der Waals surface area contributed by atoms with E-state index in [-0.39, 0.29) is 24.0 Å². The number of likely N-dealkylation sites (N-methyl/N-ethyl adjacent to an activating group) is 1. The maximum absolute atomic E-state index is 5.75. The molecular weight excluding hydrogens is 455 g/mol. The van der Waals surface area contributed by atoms with Crippen molar-refractivity contribution >= 4 is 35.6 Å². The summed E-state index contributed by atoms with van der Waals surface area (Å²) in [6.07, 6.45) is 2.03. The number of aliphatic imine (C=N–C) groups is 1. The number of ether oxygens (including phenoxy) is 2. The molecule has 0 aromatic heterocycles. The first-order chi connectivity index (χ1) is 12.6. The summed E-state index contributed by atoms with van der Waals surface area (Å²) in [6.45, 7) is 10.4. The van der Waals surface area contributed by atoms with E-state index in [9.17, 15) is 0 Å². The summed E-state index contributed by atoms with van der Waals surface area (Å²) >= 11 is 0. The van der Waals surface area contributed by atoms with Crippen LogP contribution in [-0.2, 0) is 4.74 Å². The lowest BCUT2D eigenvalue weighted by molar-refractivity contribution is 0.172. The van der Waals surface area contributed by atoms with Gasteiger partial charge in [-0.25, -0.2) is 0 Å². The number of anilines is 1. The van der Waals surface area contributed by atoms with Crippen molar-refractivity contribution in [2.45, 2.75) is 39.7 Å². The number of rotatable bonds is 12. The normalized spacial score (nSPS) is 12.4. The van der Waals surface area contributed by atoms with Crippen molar-refractivity contribution in [1.82, 2.24) is 10.2 Å². The molecule has 0 fully saturated rings. The lowest BCUT2D eigenvalue weighted by Crippen LogP contribution is -2.33. The van der Waals surface area contributed by atoms with Crippen LogP contribution in [0.15, 0.2) is 29.3 Å². The monoisotopic (exact) mass is 492 g/mol. The van der Waals surface area contributed by atoms with Crippen LogP contribution in [0.4, 0.5) is 5.69 Å². The quantitative estimate of drug-likeness (QED) is 0.201. The van der Waals surface area contributed by atoms with Crippen LogP contribution >= 0.6 is 24.0 Å². The van der Waals surface area contributed by atoms with Crippen molar-refractivity contribution in [3.8, 4) is 5.75 Å². The Hall–Kier alpha value is -1.06. The Morgan fingerprint density at radius 2 is 2.04 bits per heavy atom. The largest absolute Gasteiger partial charge is 0.493 e. The first-order valence-electron chi connectivity index (χ1n) is 9.58. The Morgan fingerprint density at radius 1 is 1.26 bits per heavy atom. The minimum atomic E-state index is 0. The molecule has 0 aliphatic rings. The van der Waals surface area contributed by atoms with Gasteiger partial charge >= 0.3 is 0 Å². The van der Waals surface area contributed by atoms with Gasteiger partial charge in [0.05, 0.1) is 13.2 Å². The predicted octanol–water partition coefficient (Wildman–Crippen LogP) is 3.83. The average Bonchev–Trinajstić information content (AvgIpc) is 2.65. The van der Waals surface area contributed by atoms with Crippen LogP contribution in [0.5, 0.6) is 5.75 Å². The first kappa shape index (κ1) is 25.9. The first-order valence-corrected chi connectivity index (χ1v) is 9.58. The second kappa shape index (κ2) is 15.9. The Morgan fingerprint density at radius 3 is 2.70 bits per heavy atom. The number of guanidine groups is 1. The van der Waals surface area contributed by atoms with Gasteiger partial charge in [0.2, 0.25) is 0 Å². The molecule has 6 nitrogen and oxygen atoms in total. The van der Waals surface area contributed by atoms with Crippen LogP contribution < -0.4 is 15.4 Å². The lowest BCUT2D eigenvalue weighted by atomic mass is 10.2. The van der Waals surface area contributed by atoms with Crippen molar-refractivity contribution in [3.63, 3.8) is 0 Å². The fourth-order valence-corrected chi connectivity index (χ4v) is 2.35. The van der Waals surface area contributed by atoms with E-state index < -0.39 is 0 Å². The molecule has 0 aliphatic carbocycles. The highest BCUT2D eigenvalue weighted by atomic mass is 127. The van der Waals surface area contributed by atoms with Gasteiger partial charge < -0.3 is 25.0 Å². The molecule has 0 aliphatic heterocycles. The Kier molecular flexibility index (Phi) is 15.3. The van der Waals surface area contributed by atoms with Gasteiger partial charge in [-0.3, -0.25) is 4.99 Å². The maximum atomic E-state index is 5.75. The van der Waals surface area contributed by atoms with Gasteiger partial charge in [0.15, 0.2) is 5.96 Å². The second-order valence-electron chi connectivity index (χ2n) is 6.35. The lowest BCUT2D eigenvalue weighted by Gasteiger charge is -2.22. The number of hydrogen-bond acceptors (Lipinski definition) is 4. The summed E-state index contributed by atoms with van der Waals surface area (Å²) in [5, 5.41) is 6.64. The van der Waals surface area contributed by atoms with Crippen molar-refractivity contribution in [1.29, 1.82) is 0 Å². The summed E-state index contributed by atoms with van der Waals surface area (Å²) in [5.74, 6) is 1.64. The van der Waals surface area contributed by atoms with Gasteiger partial charge in [-0.2, -0.15) is 0 Å². The molecule has 2 N–H and O–H groups in total. The van der Waals surface area contributed by atoms with Crippen LogP contribution in [-0.4, -0.2) is 63.9 Å². The highest BCUT2D eigenvalue weighted by Crippen LogP contribution is 2.17. The molecule has 1 aromatic carbocycles. The van der Waals surface area contributed by atoms with Crippen molar-refractivity contribution in [3.05, 3.63) is 24.3 Å². The second-order valence-corrected chi connectivity index (χ2v) is 6.35. The molecule has 0 saturated heterocycles. The number of halogens is 1. The molecule has 1 rings (SSSR count). The number of hydrogen-bond donors (Lipinski definition) is 2. The van der Waals surface area contributed by atoms with E-state index in [1.807, 2.05) is 24.3 Å². The van der Waals surface area contributed by atoms with E-state index >= 15 is 0 Å². The zero-order valence-corrected chi connectivity index (χ0v) is 19.8. The molecule has 7 heteroatoms. The highest BCUT2D eigenvalue weighted by Gasteiger charge is 2.06. The average molecular weight is 492 g/mol. The smallest absolute Gasteiger partial charge is 0.195 e. The fourth-order valence-electron chi connectivity index (χ4n) is 2.35. The van der Waals surface area contributed by atoms with Crippen molar-refractivity contribution in [2.75, 3.05) is 52.3 Å². The van der Waals surface area contributed by atoms with E-state index in [0.29, 0.717) is 19.3 Å². The molecule has 0 spiro atoms. The molecule has 0 heterocycles. The molecule has 27 heavy (non-hydrogen) atoms. The van der Waals surface area contributed by atoms with Gasteiger partial charge in [0.1, 0.15) is 5.75 Å². The summed E-state index contributed by atoms with van der Waals surface area (Å²) in [6, 6.07) is 8.52. The number of methoxy groups -OCH3 is 1. The van der Waals surface area contributed by atoms with E-state index in [1.165, 1.54) is 0 Å². The Bertz CT molecular complexity index is 528. The molecule has 0 radical (unpaired) electrons. The Labute approximate surface area is 182 Å². The molecule has 0 bridgehead atoms. The summed E-state index contributed by atoms with van der Waals surface area (Å²) in [4.78, 5) is 7.01. The fraction of sp³-hybridized carbons (Fsp3) is 0.650. The van der Waals surface area contributed by atoms with Crippen LogP contribution in [0, 0.1) is 0 Å². The van der Waals surface area contributed by atoms with E-state index in [4.69, 9.17) is 9.47 Å². The van der Waals surface area contributed by atoms with Gasteiger partial charge in [-0.1, -0.05) is 13.0 Å². The third kappa shape index (κ3) is 11.4. The van der Waals surface area contributed by atoms with Crippen LogP contribution in [0.3, 0.4) is 0 Å². The summed E-state index contributed by atoms with van der Waals surface area (Å²) < 4.78 is 10.8. The number of benzene rings is 1. The zero-order valence-electron chi connectivity index (χ0n) is 17.5. The Balaban J connectivity index is 0.00000676. The van der Waals surface area contributed by atoms with E-state index in [1.54, 1.807) is 7.11 Å². The van der Waals surface area contributed by atoms with Gasteiger partial charge in [-0.05, 0) is 39.4 Å².